The number of carbonyl (C=O) groups is 2. The number of carbonyl (C=O) groups excluding carboxylic acids is 1. The molecule has 2 heterocycles. The van der Waals surface area contributed by atoms with Crippen molar-refractivity contribution in [1.29, 1.82) is 0 Å². The number of rotatable bonds is 5. The van der Waals surface area contributed by atoms with Gasteiger partial charge >= 0.3 is 5.97 Å². The van der Waals surface area contributed by atoms with Gasteiger partial charge in [-0.2, -0.15) is 0 Å². The van der Waals surface area contributed by atoms with Crippen molar-refractivity contribution in [3.8, 4) is 5.75 Å². The average molecular weight is 377 g/mol. The van der Waals surface area contributed by atoms with E-state index in [-0.39, 0.29) is 18.4 Å². The van der Waals surface area contributed by atoms with Crippen LogP contribution in [0.25, 0.3) is 6.08 Å². The summed E-state index contributed by atoms with van der Waals surface area (Å²) in [5.74, 6) is -0.0694. The normalized spacial score (nSPS) is 21.0. The zero-order valence-electron chi connectivity index (χ0n) is 14.1. The number of carboxylic acid groups (broad SMARTS) is 1. The highest BCUT2D eigenvalue weighted by Crippen LogP contribution is 2.36. The van der Waals surface area contributed by atoms with E-state index in [2.05, 4.69) is 6.07 Å². The molecule has 0 aromatic heterocycles. The van der Waals surface area contributed by atoms with Crippen LogP contribution in [0.4, 0.5) is 0 Å². The molecule has 2 aliphatic heterocycles. The number of carboxylic acids is 1. The number of thioether (sulfide) groups is 1. The Hall–Kier alpha value is -1.86. The lowest BCUT2D eigenvalue weighted by molar-refractivity contribution is -0.137. The summed E-state index contributed by atoms with van der Waals surface area (Å²) >= 11 is 6.54. The number of fused-ring (bicyclic) bond motifs is 1. The van der Waals surface area contributed by atoms with Gasteiger partial charge in [-0.15, -0.1) is 0 Å². The number of nitrogens with zero attached hydrogens (tertiary/aromatic N) is 1. The Morgan fingerprint density at radius 1 is 1.52 bits per heavy atom. The number of ether oxygens (including phenoxy) is 1. The Morgan fingerprint density at radius 3 is 3.00 bits per heavy atom. The highest BCUT2D eigenvalue weighted by molar-refractivity contribution is 8.26. The van der Waals surface area contributed by atoms with Crippen molar-refractivity contribution in [2.75, 3.05) is 6.54 Å². The van der Waals surface area contributed by atoms with Gasteiger partial charge in [-0.05, 0) is 55.2 Å². The maximum Gasteiger partial charge on any atom is 0.303 e. The van der Waals surface area contributed by atoms with Gasteiger partial charge in [0.25, 0.3) is 5.91 Å². The Balaban J connectivity index is 1.77. The summed E-state index contributed by atoms with van der Waals surface area (Å²) in [6.07, 6.45) is 3.32. The third kappa shape index (κ3) is 3.88. The lowest BCUT2D eigenvalue weighted by Crippen LogP contribution is -2.29. The zero-order chi connectivity index (χ0) is 18.1. The van der Waals surface area contributed by atoms with E-state index in [1.807, 2.05) is 26.0 Å². The molecule has 3 rings (SSSR count). The van der Waals surface area contributed by atoms with Crippen LogP contribution in [0.3, 0.4) is 0 Å². The predicted molar refractivity (Wildman–Crippen MR) is 102 cm³/mol. The number of hydrogen-bond acceptors (Lipinski definition) is 5. The van der Waals surface area contributed by atoms with Gasteiger partial charge in [0.05, 0.1) is 4.91 Å². The Bertz CT molecular complexity index is 788. The fraction of sp³-hybridized carbons (Fsp3) is 0.389. The van der Waals surface area contributed by atoms with Crippen molar-refractivity contribution in [1.82, 2.24) is 4.90 Å². The summed E-state index contributed by atoms with van der Waals surface area (Å²) in [6, 6.07) is 4.07. The van der Waals surface area contributed by atoms with Crippen LogP contribution in [-0.2, 0) is 16.0 Å². The molecule has 0 spiro atoms. The number of benzene rings is 1. The summed E-state index contributed by atoms with van der Waals surface area (Å²) in [4.78, 5) is 25.2. The standard InChI is InChI=1S/C18H19NO4S2/c1-10-6-12(8-13-7-11(2)23-16(10)13)9-14-17(22)19(18(24)25-14)5-3-4-15(20)21/h6,8-9,11H,3-5,7H2,1-2H3,(H,20,21). The molecule has 0 saturated carbocycles. The highest BCUT2D eigenvalue weighted by Gasteiger charge is 2.32. The van der Waals surface area contributed by atoms with Crippen LogP contribution in [0.1, 0.15) is 36.5 Å². The first-order valence-corrected chi connectivity index (χ1v) is 9.35. The minimum absolute atomic E-state index is 0.0261. The third-order valence-corrected chi connectivity index (χ3v) is 5.52. The Labute approximate surface area is 156 Å². The monoisotopic (exact) mass is 377 g/mol. The van der Waals surface area contributed by atoms with Crippen molar-refractivity contribution >= 4 is 46.3 Å². The molecule has 0 bridgehead atoms. The topological polar surface area (TPSA) is 66.8 Å². The van der Waals surface area contributed by atoms with E-state index in [9.17, 15) is 9.59 Å². The lowest BCUT2D eigenvalue weighted by atomic mass is 10.0. The van der Waals surface area contributed by atoms with E-state index in [0.29, 0.717) is 22.2 Å². The largest absolute Gasteiger partial charge is 0.490 e. The van der Waals surface area contributed by atoms with Crippen LogP contribution in [0, 0.1) is 6.92 Å². The van der Waals surface area contributed by atoms with E-state index in [0.717, 1.165) is 28.9 Å². The predicted octanol–water partition coefficient (Wildman–Crippen LogP) is 3.38. The molecule has 1 saturated heterocycles. The second-order valence-electron chi connectivity index (χ2n) is 6.29. The van der Waals surface area contributed by atoms with Crippen LogP contribution >= 0.6 is 24.0 Å². The van der Waals surface area contributed by atoms with Crippen LogP contribution in [0.15, 0.2) is 17.0 Å². The summed E-state index contributed by atoms with van der Waals surface area (Å²) in [7, 11) is 0. The number of aryl methyl sites for hydroxylation is 1. The summed E-state index contributed by atoms with van der Waals surface area (Å²) in [5, 5.41) is 8.72. The van der Waals surface area contributed by atoms with Gasteiger partial charge in [0.2, 0.25) is 0 Å². The smallest absolute Gasteiger partial charge is 0.303 e. The number of aliphatic carboxylic acids is 1. The van der Waals surface area contributed by atoms with Crippen LogP contribution in [0.5, 0.6) is 5.75 Å². The Morgan fingerprint density at radius 2 is 2.28 bits per heavy atom. The Kier molecular flexibility index (Phi) is 5.15. The molecule has 1 amide bonds. The molecule has 25 heavy (non-hydrogen) atoms. The second kappa shape index (κ2) is 7.17. The van der Waals surface area contributed by atoms with Gasteiger partial charge in [0, 0.05) is 19.4 Å². The zero-order valence-corrected chi connectivity index (χ0v) is 15.7. The fourth-order valence-electron chi connectivity index (χ4n) is 3.07. The molecular formula is C18H19NO4S2. The van der Waals surface area contributed by atoms with Crippen molar-refractivity contribution in [3.05, 3.63) is 33.7 Å². The molecule has 1 aromatic carbocycles. The lowest BCUT2D eigenvalue weighted by Gasteiger charge is -2.13. The molecule has 132 valence electrons. The maximum absolute atomic E-state index is 12.5. The quantitative estimate of drug-likeness (QED) is 0.627. The van der Waals surface area contributed by atoms with Crippen LogP contribution in [-0.4, -0.2) is 38.9 Å². The summed E-state index contributed by atoms with van der Waals surface area (Å²) in [6.45, 7) is 4.38. The minimum atomic E-state index is -0.869. The summed E-state index contributed by atoms with van der Waals surface area (Å²) < 4.78 is 6.29. The van der Waals surface area contributed by atoms with Gasteiger partial charge in [-0.25, -0.2) is 0 Å². The van der Waals surface area contributed by atoms with Crippen molar-refractivity contribution < 1.29 is 19.4 Å². The highest BCUT2D eigenvalue weighted by atomic mass is 32.2. The van der Waals surface area contributed by atoms with E-state index < -0.39 is 5.97 Å². The molecule has 1 N–H and O–H groups in total. The van der Waals surface area contributed by atoms with Crippen molar-refractivity contribution in [2.45, 2.75) is 39.2 Å². The first-order chi connectivity index (χ1) is 11.8. The molecule has 2 aliphatic rings. The van der Waals surface area contributed by atoms with E-state index in [1.54, 1.807) is 0 Å². The van der Waals surface area contributed by atoms with Gasteiger partial charge in [-0.1, -0.05) is 24.0 Å². The molecule has 0 aliphatic carbocycles. The third-order valence-electron chi connectivity index (χ3n) is 4.14. The fourth-order valence-corrected chi connectivity index (χ4v) is 4.37. The van der Waals surface area contributed by atoms with Crippen LogP contribution < -0.4 is 4.74 Å². The molecule has 7 heteroatoms. The number of amides is 1. The molecule has 1 fully saturated rings. The average Bonchev–Trinajstić information content (AvgIpc) is 3.01. The van der Waals surface area contributed by atoms with Crippen LogP contribution in [0.2, 0.25) is 0 Å². The van der Waals surface area contributed by atoms with Gasteiger partial charge < -0.3 is 9.84 Å². The van der Waals surface area contributed by atoms with Gasteiger partial charge in [0.15, 0.2) is 0 Å². The minimum Gasteiger partial charge on any atom is -0.490 e. The number of thiocarbonyl (C=S) groups is 1. The van der Waals surface area contributed by atoms with Crippen molar-refractivity contribution in [2.24, 2.45) is 0 Å². The van der Waals surface area contributed by atoms with Gasteiger partial charge in [-0.3, -0.25) is 14.5 Å². The SMILES string of the molecule is Cc1cc(C=C2SC(=S)N(CCCC(=O)O)C2=O)cc2c1OC(C)C2. The van der Waals surface area contributed by atoms with E-state index >= 15 is 0 Å². The second-order valence-corrected chi connectivity index (χ2v) is 7.97. The molecule has 1 unspecified atom stereocenters. The molecule has 0 radical (unpaired) electrons. The van der Waals surface area contributed by atoms with Crippen molar-refractivity contribution in [3.63, 3.8) is 0 Å². The molecule has 5 nitrogen and oxygen atoms in total. The molecule has 1 atom stereocenters. The number of hydrogen-bond donors (Lipinski definition) is 1. The molecule has 1 aromatic rings. The molecular weight excluding hydrogens is 358 g/mol. The van der Waals surface area contributed by atoms with E-state index in [4.69, 9.17) is 22.1 Å². The first-order valence-electron chi connectivity index (χ1n) is 8.12. The maximum atomic E-state index is 12.5. The first kappa shape index (κ1) is 17.9. The van der Waals surface area contributed by atoms with Gasteiger partial charge in [0.1, 0.15) is 16.2 Å². The summed E-state index contributed by atoms with van der Waals surface area (Å²) in [5.41, 5.74) is 3.18. The van der Waals surface area contributed by atoms with E-state index in [1.165, 1.54) is 16.7 Å².